The Hall–Kier alpha value is -0.0800. The minimum atomic E-state index is 0. The molecule has 2 saturated heterocycles. The summed E-state index contributed by atoms with van der Waals surface area (Å²) in [5.74, 6) is 1.61. The second kappa shape index (κ2) is 9.74. The molecule has 25 heavy (non-hydrogen) atoms. The average molecular weight is 464 g/mol. The molecular formula is C19H37IN4O. The van der Waals surface area contributed by atoms with Gasteiger partial charge >= 0.3 is 0 Å². The van der Waals surface area contributed by atoms with E-state index in [0.717, 1.165) is 57.4 Å². The molecule has 146 valence electrons. The molecule has 0 bridgehead atoms. The van der Waals surface area contributed by atoms with E-state index < -0.39 is 0 Å². The maximum Gasteiger partial charge on any atom is 0.191 e. The number of piperidine rings is 2. The molecular weight excluding hydrogens is 427 g/mol. The second-order valence-electron chi connectivity index (χ2n) is 8.20. The zero-order valence-electron chi connectivity index (χ0n) is 16.1. The summed E-state index contributed by atoms with van der Waals surface area (Å²) in [5.41, 5.74) is 6.60. The summed E-state index contributed by atoms with van der Waals surface area (Å²) < 4.78 is 5.54. The first-order valence-corrected chi connectivity index (χ1v) is 9.96. The van der Waals surface area contributed by atoms with Crippen molar-refractivity contribution in [3.05, 3.63) is 0 Å². The van der Waals surface area contributed by atoms with Gasteiger partial charge in [-0.15, -0.1) is 24.0 Å². The fourth-order valence-corrected chi connectivity index (χ4v) is 4.74. The smallest absolute Gasteiger partial charge is 0.191 e. The van der Waals surface area contributed by atoms with Crippen LogP contribution >= 0.6 is 24.0 Å². The van der Waals surface area contributed by atoms with Gasteiger partial charge in [0.2, 0.25) is 0 Å². The molecule has 0 aromatic carbocycles. The van der Waals surface area contributed by atoms with Gasteiger partial charge in [-0.05, 0) is 44.4 Å². The van der Waals surface area contributed by atoms with Gasteiger partial charge in [-0.3, -0.25) is 9.89 Å². The normalized spacial score (nSPS) is 26.6. The minimum Gasteiger partial charge on any atom is -0.381 e. The van der Waals surface area contributed by atoms with Gasteiger partial charge in [0.25, 0.3) is 0 Å². The first-order valence-electron chi connectivity index (χ1n) is 9.96. The number of guanidine groups is 1. The van der Waals surface area contributed by atoms with E-state index in [1.165, 1.54) is 38.5 Å². The number of likely N-dealkylation sites (tertiary alicyclic amines) is 2. The van der Waals surface area contributed by atoms with E-state index in [4.69, 9.17) is 15.5 Å². The highest BCUT2D eigenvalue weighted by molar-refractivity contribution is 14.0. The predicted molar refractivity (Wildman–Crippen MR) is 115 cm³/mol. The molecule has 0 spiro atoms. The monoisotopic (exact) mass is 464 g/mol. The lowest BCUT2D eigenvalue weighted by molar-refractivity contribution is -0.000122. The van der Waals surface area contributed by atoms with Crippen LogP contribution in [0.5, 0.6) is 0 Å². The summed E-state index contributed by atoms with van der Waals surface area (Å²) in [6, 6.07) is 0. The molecule has 3 rings (SSSR count). The van der Waals surface area contributed by atoms with Gasteiger partial charge in [0.15, 0.2) is 5.96 Å². The summed E-state index contributed by atoms with van der Waals surface area (Å²) in [6.07, 6.45) is 10.5. The van der Waals surface area contributed by atoms with Gasteiger partial charge in [0.05, 0.1) is 12.6 Å². The second-order valence-corrected chi connectivity index (χ2v) is 8.20. The third-order valence-electron chi connectivity index (χ3n) is 6.62. The van der Waals surface area contributed by atoms with Crippen LogP contribution in [-0.2, 0) is 4.74 Å². The van der Waals surface area contributed by atoms with E-state index in [1.54, 1.807) is 0 Å². The number of nitrogens with two attached hydrogens (primary N) is 1. The average Bonchev–Trinajstić information content (AvgIpc) is 3.10. The summed E-state index contributed by atoms with van der Waals surface area (Å²) in [4.78, 5) is 9.88. The highest BCUT2D eigenvalue weighted by Crippen LogP contribution is 2.37. The number of ether oxygens (including phenoxy) is 1. The van der Waals surface area contributed by atoms with Crippen LogP contribution in [0.25, 0.3) is 0 Å². The van der Waals surface area contributed by atoms with Gasteiger partial charge in [-0.25, -0.2) is 0 Å². The number of rotatable bonds is 4. The maximum absolute atomic E-state index is 6.34. The van der Waals surface area contributed by atoms with Crippen LogP contribution in [0.2, 0.25) is 0 Å². The number of hydrogen-bond acceptors (Lipinski definition) is 3. The van der Waals surface area contributed by atoms with Gasteiger partial charge in [-0.1, -0.05) is 19.8 Å². The summed E-state index contributed by atoms with van der Waals surface area (Å²) in [6.45, 7) is 7.65. The molecule has 5 nitrogen and oxygen atoms in total. The van der Waals surface area contributed by atoms with Crippen LogP contribution in [0, 0.1) is 5.92 Å². The Balaban J connectivity index is 0.00000225. The molecule has 1 aliphatic carbocycles. The molecule has 0 atom stereocenters. The summed E-state index contributed by atoms with van der Waals surface area (Å²) in [5, 5.41) is 0. The van der Waals surface area contributed by atoms with E-state index in [9.17, 15) is 0 Å². The molecule has 3 fully saturated rings. The lowest BCUT2D eigenvalue weighted by atomic mass is 9.91. The molecule has 2 aliphatic heterocycles. The van der Waals surface area contributed by atoms with Gasteiger partial charge < -0.3 is 15.4 Å². The van der Waals surface area contributed by atoms with Gasteiger partial charge in [0, 0.05) is 38.8 Å². The molecule has 1 saturated carbocycles. The number of halogens is 1. The molecule has 0 aromatic rings. The molecule has 0 radical (unpaired) electrons. The highest BCUT2D eigenvalue weighted by Gasteiger charge is 2.41. The molecule has 0 amide bonds. The van der Waals surface area contributed by atoms with Crippen molar-refractivity contribution in [1.29, 1.82) is 0 Å². The van der Waals surface area contributed by atoms with E-state index in [-0.39, 0.29) is 29.5 Å². The molecule has 0 unspecified atom stereocenters. The zero-order valence-corrected chi connectivity index (χ0v) is 18.4. The van der Waals surface area contributed by atoms with Crippen molar-refractivity contribution in [2.24, 2.45) is 16.6 Å². The first-order chi connectivity index (χ1) is 11.6. The summed E-state index contributed by atoms with van der Waals surface area (Å²) in [7, 11) is 1.84. The van der Waals surface area contributed by atoms with Crippen molar-refractivity contribution in [2.75, 3.05) is 39.8 Å². The van der Waals surface area contributed by atoms with Crippen molar-refractivity contribution in [3.63, 3.8) is 0 Å². The van der Waals surface area contributed by atoms with E-state index in [0.29, 0.717) is 6.10 Å². The molecule has 3 aliphatic rings. The topological polar surface area (TPSA) is 54.1 Å². The Kier molecular flexibility index (Phi) is 8.27. The standard InChI is InChI=1S/C19H36N4O.HI/c1-16-5-11-22(12-6-16)18(20)21-15-19(9-3-4-10-19)23-13-7-17(24-2)8-14-23;/h16-17H,3-15H2,1-2H3,(H2,20,21);1H. The SMILES string of the molecule is COC1CCN(C2(CN=C(N)N3CCC(C)CC3)CCCC2)CC1.I. The maximum atomic E-state index is 6.34. The van der Waals surface area contributed by atoms with Crippen LogP contribution in [0.4, 0.5) is 0 Å². The minimum absolute atomic E-state index is 0. The lowest BCUT2D eigenvalue weighted by Gasteiger charge is -2.44. The van der Waals surface area contributed by atoms with Gasteiger partial charge in [0.1, 0.15) is 0 Å². The van der Waals surface area contributed by atoms with Crippen LogP contribution in [0.3, 0.4) is 0 Å². The quantitative estimate of drug-likeness (QED) is 0.395. The third kappa shape index (κ3) is 5.22. The number of aliphatic imine (C=N–C) groups is 1. The predicted octanol–water partition coefficient (Wildman–Crippen LogP) is 3.07. The lowest BCUT2D eigenvalue weighted by Crippen LogP contribution is -2.54. The molecule has 0 aromatic heterocycles. The first kappa shape index (κ1) is 21.2. The Morgan fingerprint density at radius 2 is 1.68 bits per heavy atom. The van der Waals surface area contributed by atoms with E-state index >= 15 is 0 Å². The molecule has 2 N–H and O–H groups in total. The number of methoxy groups -OCH3 is 1. The van der Waals surface area contributed by atoms with E-state index in [2.05, 4.69) is 16.7 Å². The van der Waals surface area contributed by atoms with E-state index in [1.807, 2.05) is 7.11 Å². The Bertz CT molecular complexity index is 423. The largest absolute Gasteiger partial charge is 0.381 e. The van der Waals surface area contributed by atoms with Crippen molar-refractivity contribution >= 4 is 29.9 Å². The fraction of sp³-hybridized carbons (Fsp3) is 0.947. The molecule has 2 heterocycles. The fourth-order valence-electron chi connectivity index (χ4n) is 4.74. The van der Waals surface area contributed by atoms with Crippen molar-refractivity contribution in [3.8, 4) is 0 Å². The Morgan fingerprint density at radius 3 is 2.24 bits per heavy atom. The van der Waals surface area contributed by atoms with Crippen molar-refractivity contribution in [1.82, 2.24) is 9.80 Å². The third-order valence-corrected chi connectivity index (χ3v) is 6.62. The van der Waals surface area contributed by atoms with Crippen molar-refractivity contribution < 1.29 is 4.74 Å². The molecule has 6 heteroatoms. The Labute approximate surface area is 170 Å². The van der Waals surface area contributed by atoms with Gasteiger partial charge in [-0.2, -0.15) is 0 Å². The van der Waals surface area contributed by atoms with Crippen LogP contribution in [0.1, 0.15) is 58.3 Å². The highest BCUT2D eigenvalue weighted by atomic mass is 127. The van der Waals surface area contributed by atoms with Crippen molar-refractivity contribution in [2.45, 2.75) is 69.9 Å². The van der Waals surface area contributed by atoms with Crippen LogP contribution in [0.15, 0.2) is 4.99 Å². The Morgan fingerprint density at radius 1 is 1.08 bits per heavy atom. The number of hydrogen-bond donors (Lipinski definition) is 1. The summed E-state index contributed by atoms with van der Waals surface area (Å²) >= 11 is 0. The number of nitrogens with zero attached hydrogens (tertiary/aromatic N) is 3. The zero-order chi connectivity index (χ0) is 17.0. The van der Waals surface area contributed by atoms with Crippen LogP contribution < -0.4 is 5.73 Å². The van der Waals surface area contributed by atoms with Crippen LogP contribution in [-0.4, -0.2) is 67.2 Å².